The van der Waals surface area contributed by atoms with Crippen LogP contribution in [0.4, 0.5) is 9.93 Å². The molecule has 4 rings (SSSR count). The van der Waals surface area contributed by atoms with Gasteiger partial charge in [-0.15, -0.1) is 0 Å². The summed E-state index contributed by atoms with van der Waals surface area (Å²) in [5, 5.41) is 3.11. The highest BCUT2D eigenvalue weighted by Gasteiger charge is 2.23. The van der Waals surface area contributed by atoms with Crippen molar-refractivity contribution >= 4 is 34.5 Å². The standard InChI is InChI=1S/C19H19N3O5S/c1-2-25-19(24)21-18-20-13-7-8-22(10-16(13)28-18)17(23)6-4-12-3-5-14-15(9-12)27-11-26-14/h3-6,9H,2,7-8,10-11H2,1H3,(H,20,21,24)/b6-4+. The van der Waals surface area contributed by atoms with Crippen LogP contribution in [0.5, 0.6) is 11.5 Å². The number of carbonyl (C=O) groups excluding carboxylic acids is 2. The van der Waals surface area contributed by atoms with Crippen molar-refractivity contribution in [3.63, 3.8) is 0 Å². The molecule has 9 heteroatoms. The number of benzene rings is 1. The van der Waals surface area contributed by atoms with Gasteiger partial charge in [0.05, 0.1) is 18.8 Å². The van der Waals surface area contributed by atoms with Crippen LogP contribution in [0.3, 0.4) is 0 Å². The second kappa shape index (κ2) is 7.89. The minimum absolute atomic E-state index is 0.0726. The van der Waals surface area contributed by atoms with Crippen molar-refractivity contribution in [2.24, 2.45) is 0 Å². The average Bonchev–Trinajstić information content (AvgIpc) is 3.31. The van der Waals surface area contributed by atoms with Crippen molar-refractivity contribution in [3.8, 4) is 11.5 Å². The van der Waals surface area contributed by atoms with E-state index in [2.05, 4.69) is 10.3 Å². The van der Waals surface area contributed by atoms with Gasteiger partial charge < -0.3 is 19.1 Å². The van der Waals surface area contributed by atoms with Gasteiger partial charge >= 0.3 is 6.09 Å². The van der Waals surface area contributed by atoms with Crippen molar-refractivity contribution < 1.29 is 23.8 Å². The van der Waals surface area contributed by atoms with Gasteiger partial charge in [0.1, 0.15) is 0 Å². The van der Waals surface area contributed by atoms with Gasteiger partial charge in [0.25, 0.3) is 0 Å². The second-order valence-corrected chi connectivity index (χ2v) is 7.27. The van der Waals surface area contributed by atoms with E-state index in [-0.39, 0.29) is 12.7 Å². The molecule has 0 atom stereocenters. The number of hydrogen-bond acceptors (Lipinski definition) is 7. The van der Waals surface area contributed by atoms with E-state index in [0.29, 0.717) is 42.7 Å². The molecule has 28 heavy (non-hydrogen) atoms. The summed E-state index contributed by atoms with van der Waals surface area (Å²) in [5.41, 5.74) is 1.79. The molecule has 0 saturated heterocycles. The molecular weight excluding hydrogens is 382 g/mol. The van der Waals surface area contributed by atoms with Crippen LogP contribution in [-0.4, -0.2) is 41.8 Å². The maximum Gasteiger partial charge on any atom is 0.413 e. The van der Waals surface area contributed by atoms with Gasteiger partial charge in [-0.1, -0.05) is 17.4 Å². The third-order valence-corrected chi connectivity index (χ3v) is 5.34. The summed E-state index contributed by atoms with van der Waals surface area (Å²) in [4.78, 5) is 31.2. The smallest absolute Gasteiger partial charge is 0.413 e. The monoisotopic (exact) mass is 401 g/mol. The van der Waals surface area contributed by atoms with Crippen LogP contribution in [0.15, 0.2) is 24.3 Å². The summed E-state index contributed by atoms with van der Waals surface area (Å²) >= 11 is 1.37. The molecule has 0 bridgehead atoms. The lowest BCUT2D eigenvalue weighted by atomic mass is 10.1. The number of carbonyl (C=O) groups is 2. The fourth-order valence-corrected chi connectivity index (χ4v) is 3.99. The van der Waals surface area contributed by atoms with E-state index >= 15 is 0 Å². The topological polar surface area (TPSA) is 90.0 Å². The first kappa shape index (κ1) is 18.3. The molecule has 0 aliphatic carbocycles. The molecule has 2 aromatic rings. The zero-order valence-electron chi connectivity index (χ0n) is 15.3. The maximum absolute atomic E-state index is 12.6. The summed E-state index contributed by atoms with van der Waals surface area (Å²) in [6.07, 6.45) is 3.45. The summed E-state index contributed by atoms with van der Waals surface area (Å²) in [6.45, 7) is 3.32. The van der Waals surface area contributed by atoms with Crippen LogP contribution in [0.2, 0.25) is 0 Å². The van der Waals surface area contributed by atoms with Crippen molar-refractivity contribution in [3.05, 3.63) is 40.4 Å². The molecule has 2 aliphatic heterocycles. The number of thiazole rings is 1. The third kappa shape index (κ3) is 3.94. The third-order valence-electron chi connectivity index (χ3n) is 4.34. The van der Waals surface area contributed by atoms with Gasteiger partial charge in [-0.3, -0.25) is 10.1 Å². The van der Waals surface area contributed by atoms with Crippen LogP contribution < -0.4 is 14.8 Å². The Balaban J connectivity index is 1.39. The van der Waals surface area contributed by atoms with Crippen LogP contribution in [-0.2, 0) is 22.5 Å². The minimum atomic E-state index is -0.520. The molecule has 1 aromatic carbocycles. The molecule has 0 fully saturated rings. The van der Waals surface area contributed by atoms with E-state index in [4.69, 9.17) is 14.2 Å². The van der Waals surface area contributed by atoms with E-state index in [9.17, 15) is 9.59 Å². The minimum Gasteiger partial charge on any atom is -0.454 e. The molecule has 0 spiro atoms. The first-order chi connectivity index (χ1) is 13.6. The first-order valence-corrected chi connectivity index (χ1v) is 9.73. The van der Waals surface area contributed by atoms with E-state index < -0.39 is 6.09 Å². The number of hydrogen-bond donors (Lipinski definition) is 1. The van der Waals surface area contributed by atoms with Gasteiger partial charge in [0, 0.05) is 23.9 Å². The van der Waals surface area contributed by atoms with E-state index in [0.717, 1.165) is 16.1 Å². The SMILES string of the molecule is CCOC(=O)Nc1nc2c(s1)CN(C(=O)/C=C/c1ccc3c(c1)OCO3)CC2. The van der Waals surface area contributed by atoms with Crippen LogP contribution >= 0.6 is 11.3 Å². The quantitative estimate of drug-likeness (QED) is 0.792. The summed E-state index contributed by atoms with van der Waals surface area (Å²) < 4.78 is 15.5. The molecule has 2 amide bonds. The predicted molar refractivity (Wildman–Crippen MR) is 103 cm³/mol. The number of rotatable bonds is 4. The Hall–Kier alpha value is -3.07. The lowest BCUT2D eigenvalue weighted by Crippen LogP contribution is -2.34. The number of nitrogens with zero attached hydrogens (tertiary/aromatic N) is 2. The molecule has 146 valence electrons. The van der Waals surface area contributed by atoms with Crippen molar-refractivity contribution in [2.45, 2.75) is 19.9 Å². The molecule has 0 unspecified atom stereocenters. The van der Waals surface area contributed by atoms with Crippen LogP contribution in [0.25, 0.3) is 6.08 Å². The Morgan fingerprint density at radius 1 is 1.36 bits per heavy atom. The summed E-state index contributed by atoms with van der Waals surface area (Å²) in [6, 6.07) is 5.55. The van der Waals surface area contributed by atoms with Crippen LogP contribution in [0, 0.1) is 0 Å². The lowest BCUT2D eigenvalue weighted by molar-refractivity contribution is -0.126. The highest BCUT2D eigenvalue weighted by molar-refractivity contribution is 7.15. The number of nitrogens with one attached hydrogen (secondary N) is 1. The first-order valence-electron chi connectivity index (χ1n) is 8.91. The Bertz CT molecular complexity index is 940. The van der Waals surface area contributed by atoms with Gasteiger partial charge in [0.2, 0.25) is 12.7 Å². The number of aromatic nitrogens is 1. The average molecular weight is 401 g/mol. The van der Waals surface area contributed by atoms with Gasteiger partial charge in [-0.2, -0.15) is 0 Å². The van der Waals surface area contributed by atoms with E-state index in [1.807, 2.05) is 18.2 Å². The normalized spacial score (nSPS) is 14.8. The molecule has 1 N–H and O–H groups in total. The molecule has 0 radical (unpaired) electrons. The van der Waals surface area contributed by atoms with Crippen molar-refractivity contribution in [1.29, 1.82) is 0 Å². The van der Waals surface area contributed by atoms with Crippen molar-refractivity contribution in [1.82, 2.24) is 9.88 Å². The maximum atomic E-state index is 12.6. The lowest BCUT2D eigenvalue weighted by Gasteiger charge is -2.24. The van der Waals surface area contributed by atoms with E-state index in [1.165, 1.54) is 11.3 Å². The van der Waals surface area contributed by atoms with Crippen LogP contribution in [0.1, 0.15) is 23.1 Å². The fraction of sp³-hybridized carbons (Fsp3) is 0.316. The molecule has 1 aromatic heterocycles. The molecular formula is C19H19N3O5S. The van der Waals surface area contributed by atoms with E-state index in [1.54, 1.807) is 24.0 Å². The number of anilines is 1. The molecule has 0 saturated carbocycles. The van der Waals surface area contributed by atoms with Gasteiger partial charge in [-0.05, 0) is 30.7 Å². The summed E-state index contributed by atoms with van der Waals surface area (Å²) in [7, 11) is 0. The number of amides is 2. The predicted octanol–water partition coefficient (Wildman–Crippen LogP) is 3.04. The Morgan fingerprint density at radius 2 is 2.21 bits per heavy atom. The zero-order chi connectivity index (χ0) is 19.5. The fourth-order valence-electron chi connectivity index (χ4n) is 2.98. The molecule has 3 heterocycles. The summed E-state index contributed by atoms with van der Waals surface area (Å²) in [5.74, 6) is 1.32. The zero-order valence-corrected chi connectivity index (χ0v) is 16.1. The highest BCUT2D eigenvalue weighted by atomic mass is 32.1. The Morgan fingerprint density at radius 3 is 3.07 bits per heavy atom. The van der Waals surface area contributed by atoms with Gasteiger partial charge in [0.15, 0.2) is 16.6 Å². The number of fused-ring (bicyclic) bond motifs is 2. The van der Waals surface area contributed by atoms with Crippen molar-refractivity contribution in [2.75, 3.05) is 25.3 Å². The largest absolute Gasteiger partial charge is 0.454 e. The molecule has 2 aliphatic rings. The highest BCUT2D eigenvalue weighted by Crippen LogP contribution is 2.33. The number of ether oxygens (including phenoxy) is 3. The van der Waals surface area contributed by atoms with Gasteiger partial charge in [-0.25, -0.2) is 9.78 Å². The Kier molecular flexibility index (Phi) is 5.16. The Labute approximate surface area is 165 Å². The second-order valence-electron chi connectivity index (χ2n) is 6.19. The molecule has 8 nitrogen and oxygen atoms in total.